The van der Waals surface area contributed by atoms with Crippen molar-refractivity contribution in [1.82, 2.24) is 14.8 Å². The third-order valence-corrected chi connectivity index (χ3v) is 5.32. The van der Waals surface area contributed by atoms with E-state index in [2.05, 4.69) is 42.2 Å². The highest BCUT2D eigenvalue weighted by atomic mass is 16.4. The average Bonchev–Trinajstić information content (AvgIpc) is 3.46. The fourth-order valence-electron chi connectivity index (χ4n) is 3.78. The second-order valence-corrected chi connectivity index (χ2v) is 8.77. The summed E-state index contributed by atoms with van der Waals surface area (Å²) >= 11 is 0. The van der Waals surface area contributed by atoms with E-state index in [1.54, 1.807) is 12.1 Å². The van der Waals surface area contributed by atoms with Crippen LogP contribution >= 0.6 is 0 Å². The van der Waals surface area contributed by atoms with Crippen molar-refractivity contribution in [3.05, 3.63) is 35.9 Å². The minimum absolute atomic E-state index is 0.0144. The van der Waals surface area contributed by atoms with Crippen LogP contribution in [0.5, 0.6) is 0 Å². The number of rotatable bonds is 4. The van der Waals surface area contributed by atoms with Gasteiger partial charge in [-0.15, -0.1) is 0 Å². The predicted octanol–water partition coefficient (Wildman–Crippen LogP) is 3.92. The normalized spacial score (nSPS) is 15.1. The van der Waals surface area contributed by atoms with Gasteiger partial charge in [-0.2, -0.15) is 15.3 Å². The summed E-state index contributed by atoms with van der Waals surface area (Å²) in [5.74, 6) is 1.75. The first-order valence-electron chi connectivity index (χ1n) is 10.3. The van der Waals surface area contributed by atoms with E-state index < -0.39 is 0 Å². The van der Waals surface area contributed by atoms with E-state index in [9.17, 15) is 10.1 Å². The van der Waals surface area contributed by atoms with Crippen LogP contribution in [-0.2, 0) is 10.3 Å². The molecular formula is C22H26N6O3. The number of hydrogen-bond donors (Lipinski definition) is 1. The number of furan rings is 1. The molecule has 1 aliphatic rings. The number of oxazole rings is 1. The van der Waals surface area contributed by atoms with Crippen molar-refractivity contribution in [1.29, 1.82) is 5.26 Å². The van der Waals surface area contributed by atoms with Crippen molar-refractivity contribution in [3.8, 4) is 17.7 Å². The maximum absolute atomic E-state index is 12.9. The SMILES string of the molecule is Cc1cc(NC(=O)C2CCN(c3oc(-c4ccco4)nc3C#N)CC2)n(C(C)(C)C)n1. The van der Waals surface area contributed by atoms with E-state index in [0.29, 0.717) is 43.4 Å². The van der Waals surface area contributed by atoms with Crippen molar-refractivity contribution >= 4 is 17.6 Å². The highest BCUT2D eigenvalue weighted by molar-refractivity contribution is 5.92. The molecule has 9 nitrogen and oxygen atoms in total. The molecule has 0 bridgehead atoms. The van der Waals surface area contributed by atoms with Crippen LogP contribution in [0.15, 0.2) is 33.3 Å². The van der Waals surface area contributed by atoms with Gasteiger partial charge in [0.05, 0.1) is 17.5 Å². The molecule has 0 aliphatic carbocycles. The minimum atomic E-state index is -0.230. The van der Waals surface area contributed by atoms with E-state index in [4.69, 9.17) is 8.83 Å². The van der Waals surface area contributed by atoms with Crippen LogP contribution in [0.1, 0.15) is 45.0 Å². The van der Waals surface area contributed by atoms with E-state index in [1.807, 2.05) is 22.6 Å². The Labute approximate surface area is 180 Å². The van der Waals surface area contributed by atoms with Gasteiger partial charge in [-0.25, -0.2) is 4.68 Å². The van der Waals surface area contributed by atoms with Gasteiger partial charge in [-0.05, 0) is 52.7 Å². The zero-order valence-corrected chi connectivity index (χ0v) is 18.2. The molecule has 1 amide bonds. The summed E-state index contributed by atoms with van der Waals surface area (Å²) < 4.78 is 13.0. The van der Waals surface area contributed by atoms with Gasteiger partial charge in [0.15, 0.2) is 5.76 Å². The number of aryl methyl sites for hydroxylation is 1. The zero-order valence-electron chi connectivity index (χ0n) is 18.2. The Morgan fingerprint density at radius 3 is 2.68 bits per heavy atom. The molecule has 3 aromatic heterocycles. The second kappa shape index (κ2) is 7.95. The quantitative estimate of drug-likeness (QED) is 0.678. The number of aromatic nitrogens is 3. The lowest BCUT2D eigenvalue weighted by Gasteiger charge is -2.31. The van der Waals surface area contributed by atoms with Crippen LogP contribution in [-0.4, -0.2) is 33.8 Å². The standard InChI is InChI=1S/C22H26N6O3/c1-14-12-18(28(26-14)22(2,3)4)25-19(29)15-7-9-27(10-8-15)21-16(13-23)24-20(31-21)17-6-5-11-30-17/h5-6,11-12,15H,7-10H2,1-4H3,(H,25,29). The molecule has 4 rings (SSSR count). The average molecular weight is 422 g/mol. The van der Waals surface area contributed by atoms with Crippen LogP contribution in [0.4, 0.5) is 11.7 Å². The fourth-order valence-corrected chi connectivity index (χ4v) is 3.78. The molecule has 0 atom stereocenters. The van der Waals surface area contributed by atoms with Crippen LogP contribution in [0.3, 0.4) is 0 Å². The number of nitriles is 1. The van der Waals surface area contributed by atoms with Gasteiger partial charge in [-0.1, -0.05) is 0 Å². The van der Waals surface area contributed by atoms with Gasteiger partial charge in [0.2, 0.25) is 17.5 Å². The number of nitrogens with zero attached hydrogens (tertiary/aromatic N) is 5. The Kier molecular flexibility index (Phi) is 5.31. The molecule has 0 saturated carbocycles. The molecule has 0 aromatic carbocycles. The maximum Gasteiger partial charge on any atom is 0.266 e. The summed E-state index contributed by atoms with van der Waals surface area (Å²) in [6.45, 7) is 9.25. The summed E-state index contributed by atoms with van der Waals surface area (Å²) in [5, 5.41) is 17.0. The maximum atomic E-state index is 12.9. The molecule has 0 spiro atoms. The van der Waals surface area contributed by atoms with Gasteiger partial charge in [0, 0.05) is 25.1 Å². The zero-order chi connectivity index (χ0) is 22.2. The highest BCUT2D eigenvalue weighted by Crippen LogP contribution is 2.32. The first-order chi connectivity index (χ1) is 14.8. The first kappa shape index (κ1) is 20.7. The molecule has 9 heteroatoms. The highest BCUT2D eigenvalue weighted by Gasteiger charge is 2.30. The third kappa shape index (κ3) is 4.19. The summed E-state index contributed by atoms with van der Waals surface area (Å²) in [6, 6.07) is 7.45. The molecule has 0 radical (unpaired) electrons. The van der Waals surface area contributed by atoms with Crippen LogP contribution < -0.4 is 10.2 Å². The number of anilines is 2. The minimum Gasteiger partial charge on any atom is -0.459 e. The molecule has 1 saturated heterocycles. The Morgan fingerprint density at radius 2 is 2.06 bits per heavy atom. The molecule has 0 unspecified atom stereocenters. The summed E-state index contributed by atoms with van der Waals surface area (Å²) in [4.78, 5) is 19.1. The van der Waals surface area contributed by atoms with E-state index in [-0.39, 0.29) is 28.9 Å². The predicted molar refractivity (Wildman–Crippen MR) is 114 cm³/mol. The number of carbonyl (C=O) groups excluding carboxylic acids is 1. The second-order valence-electron chi connectivity index (χ2n) is 8.77. The van der Waals surface area contributed by atoms with Crippen molar-refractivity contribution in [2.45, 2.75) is 46.1 Å². The number of hydrogen-bond acceptors (Lipinski definition) is 7. The van der Waals surface area contributed by atoms with E-state index in [0.717, 1.165) is 5.69 Å². The monoisotopic (exact) mass is 422 g/mol. The summed E-state index contributed by atoms with van der Waals surface area (Å²) in [5.41, 5.74) is 0.854. The van der Waals surface area contributed by atoms with Crippen LogP contribution in [0.25, 0.3) is 11.7 Å². The third-order valence-electron chi connectivity index (χ3n) is 5.32. The van der Waals surface area contributed by atoms with E-state index in [1.165, 1.54) is 6.26 Å². The number of nitrogens with one attached hydrogen (secondary N) is 1. The molecule has 31 heavy (non-hydrogen) atoms. The Morgan fingerprint density at radius 1 is 1.32 bits per heavy atom. The molecule has 1 aliphatic heterocycles. The molecule has 3 aromatic rings. The van der Waals surface area contributed by atoms with Crippen LogP contribution in [0, 0.1) is 24.2 Å². The lowest BCUT2D eigenvalue weighted by Crippen LogP contribution is -2.39. The fraction of sp³-hybridized carbons (Fsp3) is 0.455. The van der Waals surface area contributed by atoms with E-state index >= 15 is 0 Å². The molecule has 1 fully saturated rings. The number of piperidine rings is 1. The van der Waals surface area contributed by atoms with Gasteiger partial charge < -0.3 is 19.1 Å². The lowest BCUT2D eigenvalue weighted by molar-refractivity contribution is -0.120. The summed E-state index contributed by atoms with van der Waals surface area (Å²) in [6.07, 6.45) is 2.83. The van der Waals surface area contributed by atoms with Gasteiger partial charge in [0.25, 0.3) is 5.89 Å². The molecule has 4 heterocycles. The molecule has 162 valence electrons. The smallest absolute Gasteiger partial charge is 0.266 e. The first-order valence-corrected chi connectivity index (χ1v) is 10.3. The number of amides is 1. The van der Waals surface area contributed by atoms with Crippen molar-refractivity contribution in [2.24, 2.45) is 5.92 Å². The van der Waals surface area contributed by atoms with Gasteiger partial charge >= 0.3 is 0 Å². The Bertz CT molecular complexity index is 1110. The van der Waals surface area contributed by atoms with Gasteiger partial charge in [-0.3, -0.25) is 4.79 Å². The number of carbonyl (C=O) groups is 1. The van der Waals surface area contributed by atoms with Crippen LogP contribution in [0.2, 0.25) is 0 Å². The largest absolute Gasteiger partial charge is 0.459 e. The topological polar surface area (TPSA) is 113 Å². The van der Waals surface area contributed by atoms with Crippen molar-refractivity contribution in [2.75, 3.05) is 23.3 Å². The van der Waals surface area contributed by atoms with Crippen molar-refractivity contribution in [3.63, 3.8) is 0 Å². The summed E-state index contributed by atoms with van der Waals surface area (Å²) in [7, 11) is 0. The Balaban J connectivity index is 1.43. The van der Waals surface area contributed by atoms with Gasteiger partial charge in [0.1, 0.15) is 11.9 Å². The Hall–Kier alpha value is -3.54. The molecular weight excluding hydrogens is 396 g/mol. The lowest BCUT2D eigenvalue weighted by atomic mass is 9.96. The van der Waals surface area contributed by atoms with Crippen molar-refractivity contribution < 1.29 is 13.6 Å². The molecule has 1 N–H and O–H groups in total.